The monoisotopic (exact) mass is 212 g/mol. The summed E-state index contributed by atoms with van der Waals surface area (Å²) in [6.07, 6.45) is 10.2. The number of rotatable bonds is 4. The van der Waals surface area contributed by atoms with Crippen LogP contribution < -0.4 is 9.67 Å². The van der Waals surface area contributed by atoms with E-state index in [9.17, 15) is 0 Å². The molecule has 0 bridgehead atoms. The molecule has 0 fully saturated rings. The molecule has 0 N–H and O–H groups in total. The number of aryl methyl sites for hydroxylation is 2. The van der Waals surface area contributed by atoms with Gasteiger partial charge in [-0.15, -0.1) is 0 Å². The zero-order valence-corrected chi connectivity index (χ0v) is 9.77. The van der Waals surface area contributed by atoms with Gasteiger partial charge in [-0.2, -0.15) is 0 Å². The van der Waals surface area contributed by atoms with Crippen LogP contribution in [-0.4, -0.2) is 10.5 Å². The van der Waals surface area contributed by atoms with Crippen LogP contribution in [0.2, 0.25) is 0 Å². The van der Waals surface area contributed by atoms with Gasteiger partial charge in [-0.05, 0) is 19.8 Å². The maximum atomic E-state index is 8.89. The molecule has 1 aromatic rings. The van der Waals surface area contributed by atoms with E-state index in [1.165, 1.54) is 19.3 Å². The largest absolute Gasteiger partial charge is 0.550 e. The van der Waals surface area contributed by atoms with E-state index in [2.05, 4.69) is 41.8 Å². The fourth-order valence-corrected chi connectivity index (χ4v) is 1.18. The lowest BCUT2D eigenvalue weighted by Crippen LogP contribution is -2.23. The maximum absolute atomic E-state index is 8.89. The predicted octanol–water partition coefficient (Wildman–Crippen LogP) is 0.259. The van der Waals surface area contributed by atoms with Gasteiger partial charge in [0.2, 0.25) is 6.33 Å². The average molecular weight is 212 g/mol. The van der Waals surface area contributed by atoms with E-state index in [1.807, 2.05) is 0 Å². The zero-order chi connectivity index (χ0) is 11.7. The van der Waals surface area contributed by atoms with Gasteiger partial charge >= 0.3 is 0 Å². The molecule has 0 saturated carbocycles. The molecule has 0 aromatic carbocycles. The van der Waals surface area contributed by atoms with Crippen molar-refractivity contribution in [2.24, 2.45) is 7.05 Å². The maximum Gasteiger partial charge on any atom is 0.243 e. The fourth-order valence-electron chi connectivity index (χ4n) is 1.18. The normalized spacial score (nSPS) is 9.27. The molecule has 15 heavy (non-hydrogen) atoms. The van der Waals surface area contributed by atoms with Gasteiger partial charge in [-0.3, -0.25) is 0 Å². The molecule has 4 heteroatoms. The third-order valence-corrected chi connectivity index (χ3v) is 1.84. The van der Waals surface area contributed by atoms with E-state index in [-0.39, 0.29) is 0 Å². The summed E-state index contributed by atoms with van der Waals surface area (Å²) >= 11 is 0. The molecule has 0 atom stereocenters. The highest BCUT2D eigenvalue weighted by Gasteiger charge is 1.97. The minimum Gasteiger partial charge on any atom is -0.550 e. The summed E-state index contributed by atoms with van der Waals surface area (Å²) in [5.74, 6) is -1.08. The number of aromatic nitrogens is 2. The van der Waals surface area contributed by atoms with Crippen molar-refractivity contribution < 1.29 is 14.5 Å². The van der Waals surface area contributed by atoms with Gasteiger partial charge in [0.1, 0.15) is 12.4 Å². The van der Waals surface area contributed by atoms with Gasteiger partial charge in [0.25, 0.3) is 0 Å². The molecule has 1 heterocycles. The first-order valence-electron chi connectivity index (χ1n) is 5.24. The summed E-state index contributed by atoms with van der Waals surface area (Å²) in [6, 6.07) is 0. The van der Waals surface area contributed by atoms with Crippen LogP contribution in [0, 0.1) is 0 Å². The van der Waals surface area contributed by atoms with Gasteiger partial charge < -0.3 is 9.90 Å². The molecule has 4 nitrogen and oxygen atoms in total. The van der Waals surface area contributed by atoms with Gasteiger partial charge in [-0.1, -0.05) is 13.3 Å². The van der Waals surface area contributed by atoms with E-state index in [0.29, 0.717) is 0 Å². The van der Waals surface area contributed by atoms with Crippen LogP contribution in [0.3, 0.4) is 0 Å². The zero-order valence-electron chi connectivity index (χ0n) is 9.77. The summed E-state index contributed by atoms with van der Waals surface area (Å²) in [5.41, 5.74) is 0. The summed E-state index contributed by atoms with van der Waals surface area (Å²) in [4.78, 5) is 8.89. The second kappa shape index (κ2) is 8.03. The van der Waals surface area contributed by atoms with Crippen LogP contribution in [0.15, 0.2) is 18.7 Å². The molecule has 86 valence electrons. The van der Waals surface area contributed by atoms with E-state index in [4.69, 9.17) is 9.90 Å². The molecule has 0 aliphatic rings. The van der Waals surface area contributed by atoms with Crippen LogP contribution in [0.1, 0.15) is 33.1 Å². The molecular weight excluding hydrogens is 192 g/mol. The Morgan fingerprint density at radius 3 is 2.47 bits per heavy atom. The van der Waals surface area contributed by atoms with Crippen molar-refractivity contribution >= 4 is 5.97 Å². The van der Waals surface area contributed by atoms with E-state index >= 15 is 0 Å². The summed E-state index contributed by atoms with van der Waals surface area (Å²) in [5, 5.41) is 8.89. The third-order valence-electron chi connectivity index (χ3n) is 1.84. The van der Waals surface area contributed by atoms with Crippen LogP contribution in [-0.2, 0) is 18.4 Å². The van der Waals surface area contributed by atoms with Gasteiger partial charge in [0, 0.05) is 5.97 Å². The molecule has 0 aliphatic heterocycles. The molecule has 0 spiro atoms. The number of nitrogens with zero attached hydrogens (tertiary/aromatic N) is 2. The smallest absolute Gasteiger partial charge is 0.243 e. The highest BCUT2D eigenvalue weighted by molar-refractivity contribution is 5.60. The number of carbonyl (C=O) groups is 1. The summed E-state index contributed by atoms with van der Waals surface area (Å²) < 4.78 is 4.31. The first-order chi connectivity index (χ1) is 7.06. The Hall–Kier alpha value is -1.32. The molecule has 0 aliphatic carbocycles. The fraction of sp³-hybridized carbons (Fsp3) is 0.636. The number of aliphatic carboxylic acids is 1. The molecule has 1 aromatic heterocycles. The molecule has 0 saturated heterocycles. The molecule has 0 radical (unpaired) electrons. The Morgan fingerprint density at radius 2 is 2.07 bits per heavy atom. The SMILES string of the molecule is CC(=O)[O-].CCCCCn1cc[n+](C)c1. The second-order valence-corrected chi connectivity index (χ2v) is 3.52. The van der Waals surface area contributed by atoms with Gasteiger partial charge in [0.15, 0.2) is 0 Å². The number of hydrogen-bond acceptors (Lipinski definition) is 2. The van der Waals surface area contributed by atoms with E-state index in [0.717, 1.165) is 13.5 Å². The quantitative estimate of drug-likeness (QED) is 0.531. The third kappa shape index (κ3) is 9.00. The predicted molar refractivity (Wildman–Crippen MR) is 55.8 cm³/mol. The number of unbranched alkanes of at least 4 members (excludes halogenated alkanes) is 2. The molecule has 0 amide bonds. The standard InChI is InChI=1S/C9H17N2.C2H4O2/c1-3-4-5-6-11-8-7-10(2)9-11;1-2(3)4/h7-9H,3-6H2,1-2H3;1H3,(H,3,4)/q+1;/p-1. The van der Waals surface area contributed by atoms with Crippen molar-refractivity contribution in [3.8, 4) is 0 Å². The lowest BCUT2D eigenvalue weighted by molar-refractivity contribution is -0.671. The second-order valence-electron chi connectivity index (χ2n) is 3.52. The first-order valence-corrected chi connectivity index (χ1v) is 5.24. The molecule has 0 unspecified atom stereocenters. The Balaban J connectivity index is 0.000000423. The Labute approximate surface area is 91.2 Å². The number of imidazole rings is 1. The number of hydrogen-bond donors (Lipinski definition) is 0. The van der Waals surface area contributed by atoms with Crippen LogP contribution in [0.4, 0.5) is 0 Å². The van der Waals surface area contributed by atoms with Crippen LogP contribution >= 0.6 is 0 Å². The Kier molecular flexibility index (Phi) is 7.32. The van der Waals surface area contributed by atoms with Crippen molar-refractivity contribution in [2.45, 2.75) is 39.7 Å². The van der Waals surface area contributed by atoms with Gasteiger partial charge in [0.05, 0.1) is 13.6 Å². The van der Waals surface area contributed by atoms with Crippen molar-refractivity contribution in [1.29, 1.82) is 0 Å². The molecule has 1 rings (SSSR count). The first kappa shape index (κ1) is 13.7. The van der Waals surface area contributed by atoms with E-state index < -0.39 is 5.97 Å². The highest BCUT2D eigenvalue weighted by Crippen LogP contribution is 1.96. The molecular formula is C11H20N2O2. The van der Waals surface area contributed by atoms with Crippen molar-refractivity contribution in [1.82, 2.24) is 4.57 Å². The Morgan fingerprint density at radius 1 is 1.47 bits per heavy atom. The highest BCUT2D eigenvalue weighted by atomic mass is 16.4. The number of carboxylic acids is 1. The topological polar surface area (TPSA) is 48.9 Å². The van der Waals surface area contributed by atoms with E-state index in [1.54, 1.807) is 0 Å². The van der Waals surface area contributed by atoms with Crippen LogP contribution in [0.25, 0.3) is 0 Å². The summed E-state index contributed by atoms with van der Waals surface area (Å²) in [7, 11) is 2.05. The lowest BCUT2D eigenvalue weighted by Gasteiger charge is -1.93. The Bertz CT molecular complexity index is 278. The van der Waals surface area contributed by atoms with Crippen molar-refractivity contribution in [3.05, 3.63) is 18.7 Å². The van der Waals surface area contributed by atoms with Crippen LogP contribution in [0.5, 0.6) is 0 Å². The minimum absolute atomic E-state index is 0.972. The minimum atomic E-state index is -1.08. The lowest BCUT2D eigenvalue weighted by atomic mass is 10.2. The van der Waals surface area contributed by atoms with Crippen molar-refractivity contribution in [3.63, 3.8) is 0 Å². The number of carbonyl (C=O) groups excluding carboxylic acids is 1. The van der Waals surface area contributed by atoms with Gasteiger partial charge in [-0.25, -0.2) is 9.13 Å². The van der Waals surface area contributed by atoms with Crippen molar-refractivity contribution in [2.75, 3.05) is 0 Å². The average Bonchev–Trinajstić information content (AvgIpc) is 2.51. The number of carboxylic acid groups (broad SMARTS) is 1. The summed E-state index contributed by atoms with van der Waals surface area (Å²) in [6.45, 7) is 4.37.